The van der Waals surface area contributed by atoms with Crippen molar-refractivity contribution < 1.29 is 32.7 Å². The van der Waals surface area contributed by atoms with Crippen LogP contribution >= 0.6 is 0 Å². The van der Waals surface area contributed by atoms with Crippen LogP contribution in [0.3, 0.4) is 0 Å². The van der Waals surface area contributed by atoms with Gasteiger partial charge in [-0.25, -0.2) is 0 Å². The minimum atomic E-state index is 0. The van der Waals surface area contributed by atoms with Crippen LogP contribution in [-0.2, 0) is 32.7 Å². The van der Waals surface area contributed by atoms with Gasteiger partial charge < -0.3 is 11.0 Å². The van der Waals surface area contributed by atoms with Crippen LogP contribution in [-0.4, -0.2) is 0 Å². The molecule has 2 nitrogen and oxygen atoms in total. The zero-order valence-electron chi connectivity index (χ0n) is 6.45. The quantitative estimate of drug-likeness (QED) is 0.447. The molecule has 0 saturated carbocycles. The van der Waals surface area contributed by atoms with E-state index in [0.29, 0.717) is 0 Å². The van der Waals surface area contributed by atoms with Crippen LogP contribution in [0.4, 0.5) is 0 Å². The van der Waals surface area contributed by atoms with Crippen molar-refractivity contribution in [3.05, 3.63) is 24.8 Å². The molecule has 3 heteroatoms. The fourth-order valence-electron chi connectivity index (χ4n) is 1.03. The second kappa shape index (κ2) is 10.1. The minimum Gasteiger partial charge on any atom is -2.00 e. The first-order valence-electron chi connectivity index (χ1n) is 3.21. The van der Waals surface area contributed by atoms with Crippen molar-refractivity contribution in [2.45, 2.75) is 19.3 Å². The average Bonchev–Trinajstić information content (AvgIpc) is 1.90. The fourth-order valence-corrected chi connectivity index (χ4v) is 1.03. The molecule has 0 aliphatic heterocycles. The molecule has 0 aromatic heterocycles. The Hall–Kier alpha value is 0.114. The van der Waals surface area contributed by atoms with E-state index in [4.69, 9.17) is 0 Å². The summed E-state index contributed by atoms with van der Waals surface area (Å²) in [6, 6.07) is 0. The van der Waals surface area contributed by atoms with Crippen LogP contribution in [0.1, 0.15) is 19.3 Å². The number of hydrogen-bond acceptors (Lipinski definition) is 0. The van der Waals surface area contributed by atoms with Crippen LogP contribution in [0.15, 0.2) is 24.8 Å². The molecule has 1 aliphatic rings. The summed E-state index contributed by atoms with van der Waals surface area (Å²) < 4.78 is 0. The van der Waals surface area contributed by atoms with Gasteiger partial charge in [-0.15, -0.1) is 6.58 Å². The van der Waals surface area contributed by atoms with Gasteiger partial charge in [0.05, 0.1) is 0 Å². The third-order valence-corrected chi connectivity index (χ3v) is 1.64. The summed E-state index contributed by atoms with van der Waals surface area (Å²) in [7, 11) is 0. The van der Waals surface area contributed by atoms with Crippen LogP contribution in [0.2, 0.25) is 0 Å². The number of rotatable bonds is 1. The van der Waals surface area contributed by atoms with E-state index < -0.39 is 0 Å². The Morgan fingerprint density at radius 2 is 1.91 bits per heavy atom. The van der Waals surface area contributed by atoms with E-state index in [2.05, 4.69) is 24.8 Å². The standard InChI is InChI=1S/C8H12.2O.Ti/c1-2-8-6-4-3-5-7-8;;;/h2-4,8H,1,5-7H2;;;/q;2*-2;+4. The zero-order valence-corrected chi connectivity index (χ0v) is 8.02. The molecule has 1 rings (SSSR count). The smallest absolute Gasteiger partial charge is 2.00 e. The van der Waals surface area contributed by atoms with E-state index >= 15 is 0 Å². The van der Waals surface area contributed by atoms with Crippen molar-refractivity contribution in [3.8, 4) is 0 Å². The summed E-state index contributed by atoms with van der Waals surface area (Å²) in [5, 5.41) is 0. The summed E-state index contributed by atoms with van der Waals surface area (Å²) in [6.07, 6.45) is 10.3. The summed E-state index contributed by atoms with van der Waals surface area (Å²) >= 11 is 0. The average molecular weight is 188 g/mol. The molecule has 0 bridgehead atoms. The molecule has 0 aromatic rings. The van der Waals surface area contributed by atoms with E-state index in [1.165, 1.54) is 19.3 Å². The Morgan fingerprint density at radius 3 is 2.18 bits per heavy atom. The third-order valence-electron chi connectivity index (χ3n) is 1.64. The van der Waals surface area contributed by atoms with Gasteiger partial charge in [-0.3, -0.25) is 0 Å². The molecular formula is C8H12O2Ti. The summed E-state index contributed by atoms with van der Waals surface area (Å²) in [5.74, 6) is 0.764. The van der Waals surface area contributed by atoms with Gasteiger partial charge in [0.2, 0.25) is 0 Å². The molecule has 0 fully saturated rings. The van der Waals surface area contributed by atoms with Crippen molar-refractivity contribution in [1.29, 1.82) is 0 Å². The molecule has 11 heavy (non-hydrogen) atoms. The summed E-state index contributed by atoms with van der Waals surface area (Å²) in [4.78, 5) is 0. The topological polar surface area (TPSA) is 57.0 Å². The largest absolute Gasteiger partial charge is 4.00 e. The maximum Gasteiger partial charge on any atom is 4.00 e. The van der Waals surface area contributed by atoms with Gasteiger partial charge in [0.15, 0.2) is 0 Å². The van der Waals surface area contributed by atoms with Crippen LogP contribution in [0.25, 0.3) is 0 Å². The molecule has 1 aliphatic carbocycles. The second-order valence-corrected chi connectivity index (χ2v) is 2.28. The van der Waals surface area contributed by atoms with Gasteiger partial charge in [0.1, 0.15) is 0 Å². The Balaban J connectivity index is -0.000000213. The molecule has 0 heterocycles. The molecule has 0 radical (unpaired) electrons. The number of hydrogen-bond donors (Lipinski definition) is 0. The Kier molecular flexibility index (Phi) is 15.9. The minimum absolute atomic E-state index is 0. The van der Waals surface area contributed by atoms with Crippen LogP contribution in [0, 0.1) is 5.92 Å². The van der Waals surface area contributed by atoms with Crippen molar-refractivity contribution in [2.75, 3.05) is 0 Å². The Morgan fingerprint density at radius 1 is 1.27 bits per heavy atom. The Bertz CT molecular complexity index is 113. The maximum atomic E-state index is 3.75. The van der Waals surface area contributed by atoms with Gasteiger partial charge in [-0.05, 0) is 25.2 Å². The molecule has 1 unspecified atom stereocenters. The molecule has 1 atom stereocenters. The predicted molar refractivity (Wildman–Crippen MR) is 38.1 cm³/mol. The van der Waals surface area contributed by atoms with E-state index in [0.717, 1.165) is 5.92 Å². The van der Waals surface area contributed by atoms with E-state index in [1.54, 1.807) is 0 Å². The summed E-state index contributed by atoms with van der Waals surface area (Å²) in [5.41, 5.74) is 0. The van der Waals surface area contributed by atoms with Crippen molar-refractivity contribution in [3.63, 3.8) is 0 Å². The van der Waals surface area contributed by atoms with Gasteiger partial charge >= 0.3 is 21.7 Å². The van der Waals surface area contributed by atoms with Crippen LogP contribution < -0.4 is 0 Å². The van der Waals surface area contributed by atoms with Gasteiger partial charge in [0.25, 0.3) is 0 Å². The normalized spacial score (nSPS) is 20.2. The predicted octanol–water partition coefficient (Wildman–Crippen LogP) is 2.29. The molecular weight excluding hydrogens is 176 g/mol. The fraction of sp³-hybridized carbons (Fsp3) is 0.500. The monoisotopic (exact) mass is 188 g/mol. The first kappa shape index (κ1) is 17.3. The van der Waals surface area contributed by atoms with Crippen molar-refractivity contribution in [1.82, 2.24) is 0 Å². The number of allylic oxidation sites excluding steroid dienone is 3. The Labute approximate surface area is 82.9 Å². The molecule has 0 saturated heterocycles. The zero-order chi connectivity index (χ0) is 5.82. The van der Waals surface area contributed by atoms with E-state index in [1.807, 2.05) is 0 Å². The maximum absolute atomic E-state index is 3.75. The van der Waals surface area contributed by atoms with Crippen LogP contribution in [0.5, 0.6) is 0 Å². The van der Waals surface area contributed by atoms with Gasteiger partial charge in [0, 0.05) is 0 Å². The molecule has 0 N–H and O–H groups in total. The van der Waals surface area contributed by atoms with E-state index in [9.17, 15) is 0 Å². The second-order valence-electron chi connectivity index (χ2n) is 2.28. The van der Waals surface area contributed by atoms with Crippen molar-refractivity contribution in [2.24, 2.45) is 5.92 Å². The molecule has 0 spiro atoms. The first-order chi connectivity index (χ1) is 3.93. The van der Waals surface area contributed by atoms with Gasteiger partial charge in [-0.2, -0.15) is 0 Å². The van der Waals surface area contributed by atoms with E-state index in [-0.39, 0.29) is 32.7 Å². The molecule has 0 amide bonds. The third kappa shape index (κ3) is 6.51. The van der Waals surface area contributed by atoms with Crippen molar-refractivity contribution >= 4 is 0 Å². The van der Waals surface area contributed by atoms with Gasteiger partial charge in [-0.1, -0.05) is 18.2 Å². The molecule has 60 valence electrons. The SMILES string of the molecule is C=CC1CC=CCC1.[O-2].[O-2].[Ti+4]. The summed E-state index contributed by atoms with van der Waals surface area (Å²) in [6.45, 7) is 3.75. The first-order valence-corrected chi connectivity index (χ1v) is 3.21. The molecule has 0 aromatic carbocycles.